The first kappa shape index (κ1) is 19.0. The van der Waals surface area contributed by atoms with Crippen LogP contribution in [0.15, 0.2) is 35.5 Å². The van der Waals surface area contributed by atoms with Crippen molar-refractivity contribution in [3.8, 4) is 0 Å². The maximum absolute atomic E-state index is 13.9. The molecule has 0 aliphatic carbocycles. The van der Waals surface area contributed by atoms with E-state index in [1.807, 2.05) is 6.20 Å². The highest BCUT2D eigenvalue weighted by molar-refractivity contribution is 7.89. The number of sulfonamides is 1. The van der Waals surface area contributed by atoms with Gasteiger partial charge in [-0.1, -0.05) is 19.9 Å². The highest BCUT2D eigenvalue weighted by Gasteiger charge is 2.33. The monoisotopic (exact) mass is 383 g/mol. The van der Waals surface area contributed by atoms with Gasteiger partial charge in [-0.15, -0.1) is 0 Å². The van der Waals surface area contributed by atoms with Gasteiger partial charge in [0.15, 0.2) is 4.90 Å². The zero-order valence-corrected chi connectivity index (χ0v) is 15.7. The second-order valence-electron chi connectivity index (χ2n) is 6.99. The highest BCUT2D eigenvalue weighted by atomic mass is 32.2. The number of rotatable bonds is 5. The Morgan fingerprint density at radius 2 is 1.81 bits per heavy atom. The first-order chi connectivity index (χ1) is 12.3. The fourth-order valence-electron chi connectivity index (χ4n) is 3.44. The van der Waals surface area contributed by atoms with Gasteiger partial charge >= 0.3 is 0 Å². The molecule has 2 heterocycles. The van der Waals surface area contributed by atoms with Crippen molar-refractivity contribution in [2.24, 2.45) is 5.92 Å². The predicted octanol–water partition coefficient (Wildman–Crippen LogP) is 3.39. The number of hydrogen-bond donors (Lipinski definition) is 0. The minimum Gasteiger partial charge on any atom is -0.334 e. The van der Waals surface area contributed by atoms with Crippen molar-refractivity contribution >= 4 is 10.0 Å². The normalized spacial score (nSPS) is 17.1. The molecule has 1 aliphatic heterocycles. The third kappa shape index (κ3) is 3.66. The van der Waals surface area contributed by atoms with Crippen molar-refractivity contribution in [2.45, 2.75) is 44.0 Å². The molecule has 0 atom stereocenters. The van der Waals surface area contributed by atoms with Crippen LogP contribution in [-0.4, -0.2) is 35.4 Å². The van der Waals surface area contributed by atoms with Crippen LogP contribution in [-0.2, 0) is 16.6 Å². The molecule has 8 heteroatoms. The zero-order valence-electron chi connectivity index (χ0n) is 14.9. The molecule has 5 nitrogen and oxygen atoms in total. The number of imidazole rings is 1. The average Bonchev–Trinajstić information content (AvgIpc) is 3.03. The van der Waals surface area contributed by atoms with E-state index >= 15 is 0 Å². The van der Waals surface area contributed by atoms with Crippen molar-refractivity contribution in [2.75, 3.05) is 13.1 Å². The Hall–Kier alpha value is -1.80. The molecule has 0 bridgehead atoms. The van der Waals surface area contributed by atoms with Crippen LogP contribution in [0.3, 0.4) is 0 Å². The Labute approximate surface area is 152 Å². The number of piperidine rings is 1. The third-order valence-electron chi connectivity index (χ3n) is 4.81. The van der Waals surface area contributed by atoms with E-state index in [4.69, 9.17) is 0 Å². The molecule has 1 saturated heterocycles. The van der Waals surface area contributed by atoms with Gasteiger partial charge in [-0.25, -0.2) is 22.2 Å². The van der Waals surface area contributed by atoms with E-state index in [1.54, 1.807) is 6.20 Å². The topological polar surface area (TPSA) is 55.2 Å². The smallest absolute Gasteiger partial charge is 0.248 e. The summed E-state index contributed by atoms with van der Waals surface area (Å²) in [6.45, 7) is 5.45. The Bertz CT molecular complexity index is 852. The van der Waals surface area contributed by atoms with Crippen LogP contribution in [0.2, 0.25) is 0 Å². The molecule has 1 aromatic heterocycles. The van der Waals surface area contributed by atoms with E-state index in [0.717, 1.165) is 30.6 Å². The fraction of sp³-hybridized carbons (Fsp3) is 0.500. The summed E-state index contributed by atoms with van der Waals surface area (Å²) in [7, 11) is -4.17. The molecule has 3 rings (SSSR count). The van der Waals surface area contributed by atoms with Gasteiger partial charge in [0.1, 0.15) is 17.5 Å². The van der Waals surface area contributed by atoms with Crippen LogP contribution >= 0.6 is 0 Å². The minimum atomic E-state index is -4.17. The lowest BCUT2D eigenvalue weighted by atomic mass is 9.98. The molecule has 1 aromatic carbocycles. The summed E-state index contributed by atoms with van der Waals surface area (Å²) in [5, 5.41) is 0. The van der Waals surface area contributed by atoms with Crippen LogP contribution in [0.1, 0.15) is 38.4 Å². The van der Waals surface area contributed by atoms with Crippen molar-refractivity contribution in [1.29, 1.82) is 0 Å². The van der Waals surface area contributed by atoms with Crippen LogP contribution in [0.25, 0.3) is 0 Å². The molecule has 1 fully saturated rings. The lowest BCUT2D eigenvalue weighted by Crippen LogP contribution is -2.40. The van der Waals surface area contributed by atoms with Crippen LogP contribution in [0.5, 0.6) is 0 Å². The Balaban J connectivity index is 1.69. The zero-order chi connectivity index (χ0) is 18.9. The summed E-state index contributed by atoms with van der Waals surface area (Å²) in [6, 6.07) is 3.09. The third-order valence-corrected chi connectivity index (χ3v) is 6.76. The molecule has 0 saturated carbocycles. The van der Waals surface area contributed by atoms with Crippen LogP contribution in [0.4, 0.5) is 8.78 Å². The van der Waals surface area contributed by atoms with E-state index < -0.39 is 26.6 Å². The Morgan fingerprint density at radius 3 is 2.38 bits per heavy atom. The van der Waals surface area contributed by atoms with Gasteiger partial charge in [-0.2, -0.15) is 4.31 Å². The van der Waals surface area contributed by atoms with E-state index in [9.17, 15) is 17.2 Å². The number of nitrogens with zero attached hydrogens (tertiary/aromatic N) is 3. The lowest BCUT2D eigenvalue weighted by molar-refractivity contribution is 0.250. The molecule has 0 unspecified atom stereocenters. The molecule has 0 spiro atoms. The van der Waals surface area contributed by atoms with E-state index in [1.165, 1.54) is 4.31 Å². The molecular weight excluding hydrogens is 360 g/mol. The summed E-state index contributed by atoms with van der Waals surface area (Å²) in [4.78, 5) is 3.52. The minimum absolute atomic E-state index is 0.256. The standard InChI is InChI=1S/C18H23F2N3O2S/c1-13(2)18-21-8-11-22(18)12-14-6-9-23(10-7-14)26(24,25)17-15(19)4-3-5-16(17)20/h3-5,8,11,13-14H,6-7,9-10,12H2,1-2H3. The number of hydrogen-bond acceptors (Lipinski definition) is 3. The van der Waals surface area contributed by atoms with Crippen molar-refractivity contribution < 1.29 is 17.2 Å². The van der Waals surface area contributed by atoms with E-state index in [0.29, 0.717) is 24.7 Å². The lowest BCUT2D eigenvalue weighted by Gasteiger charge is -2.31. The summed E-state index contributed by atoms with van der Waals surface area (Å²) in [6.07, 6.45) is 5.00. The Morgan fingerprint density at radius 1 is 1.19 bits per heavy atom. The first-order valence-electron chi connectivity index (χ1n) is 8.76. The number of benzene rings is 1. The van der Waals surface area contributed by atoms with Crippen LogP contribution < -0.4 is 0 Å². The summed E-state index contributed by atoms with van der Waals surface area (Å²) >= 11 is 0. The van der Waals surface area contributed by atoms with Gasteiger partial charge in [0, 0.05) is 37.9 Å². The number of halogens is 2. The maximum atomic E-state index is 13.9. The molecule has 0 amide bonds. The van der Waals surface area contributed by atoms with Gasteiger partial charge in [0.25, 0.3) is 0 Å². The van der Waals surface area contributed by atoms with Crippen molar-refractivity contribution in [1.82, 2.24) is 13.9 Å². The molecule has 26 heavy (non-hydrogen) atoms. The first-order valence-corrected chi connectivity index (χ1v) is 10.2. The summed E-state index contributed by atoms with van der Waals surface area (Å²) in [5.74, 6) is -0.471. The quantitative estimate of drug-likeness (QED) is 0.795. The maximum Gasteiger partial charge on any atom is 0.248 e. The largest absolute Gasteiger partial charge is 0.334 e. The molecule has 0 radical (unpaired) electrons. The Kier molecular flexibility index (Phi) is 5.43. The van der Waals surface area contributed by atoms with Gasteiger partial charge in [-0.3, -0.25) is 0 Å². The molecular formula is C18H23F2N3O2S. The SMILES string of the molecule is CC(C)c1nccn1CC1CCN(S(=O)(=O)c2c(F)cccc2F)CC1. The van der Waals surface area contributed by atoms with Crippen molar-refractivity contribution in [3.05, 3.63) is 48.1 Å². The predicted molar refractivity (Wildman–Crippen MR) is 94.2 cm³/mol. The van der Waals surface area contributed by atoms with E-state index in [2.05, 4.69) is 23.4 Å². The number of aromatic nitrogens is 2. The van der Waals surface area contributed by atoms with Crippen LogP contribution in [0, 0.1) is 17.6 Å². The van der Waals surface area contributed by atoms with E-state index in [-0.39, 0.29) is 13.1 Å². The molecule has 0 N–H and O–H groups in total. The fourth-order valence-corrected chi connectivity index (χ4v) is 5.02. The van der Waals surface area contributed by atoms with Crippen molar-refractivity contribution in [3.63, 3.8) is 0 Å². The van der Waals surface area contributed by atoms with Gasteiger partial charge in [0.2, 0.25) is 10.0 Å². The summed E-state index contributed by atoms with van der Waals surface area (Å²) in [5.41, 5.74) is 0. The van der Waals surface area contributed by atoms with Gasteiger partial charge in [0.05, 0.1) is 0 Å². The average molecular weight is 383 g/mol. The van der Waals surface area contributed by atoms with Gasteiger partial charge < -0.3 is 4.57 Å². The molecule has 2 aromatic rings. The molecule has 1 aliphatic rings. The molecule has 142 valence electrons. The second-order valence-corrected chi connectivity index (χ2v) is 8.87. The van der Waals surface area contributed by atoms with Gasteiger partial charge in [-0.05, 0) is 30.9 Å². The second kappa shape index (κ2) is 7.44. The summed E-state index contributed by atoms with van der Waals surface area (Å²) < 4.78 is 56.3. The highest BCUT2D eigenvalue weighted by Crippen LogP contribution is 2.28.